The third-order valence-electron chi connectivity index (χ3n) is 7.23. The average molecular weight is 456 g/mol. The molecular formula is C27H29N5O2. The number of nitrogen functional groups attached to an aromatic ring is 1. The third-order valence-corrected chi connectivity index (χ3v) is 7.23. The number of hydrogen-bond acceptors (Lipinski definition) is 6. The highest BCUT2D eigenvalue weighted by atomic mass is 16.5. The molecule has 1 aliphatic heterocycles. The van der Waals surface area contributed by atoms with Gasteiger partial charge in [0, 0.05) is 19.1 Å². The van der Waals surface area contributed by atoms with Crippen LogP contribution < -0.4 is 15.8 Å². The molecule has 1 saturated heterocycles. The summed E-state index contributed by atoms with van der Waals surface area (Å²) in [5.41, 5.74) is 8.23. The van der Waals surface area contributed by atoms with Crippen LogP contribution in [-0.2, 0) is 4.79 Å². The van der Waals surface area contributed by atoms with Gasteiger partial charge in [0.25, 0.3) is 0 Å². The van der Waals surface area contributed by atoms with Gasteiger partial charge in [-0.2, -0.15) is 0 Å². The van der Waals surface area contributed by atoms with Gasteiger partial charge in [-0.1, -0.05) is 36.9 Å². The molecule has 34 heavy (non-hydrogen) atoms. The summed E-state index contributed by atoms with van der Waals surface area (Å²) >= 11 is 0. The molecule has 2 heterocycles. The van der Waals surface area contributed by atoms with Crippen LogP contribution in [0.25, 0.3) is 11.1 Å². The fourth-order valence-electron chi connectivity index (χ4n) is 5.09. The molecule has 174 valence electrons. The van der Waals surface area contributed by atoms with Crippen molar-refractivity contribution in [2.75, 3.05) is 24.1 Å². The van der Waals surface area contributed by atoms with Gasteiger partial charge in [0.05, 0.1) is 5.56 Å². The smallest absolute Gasteiger partial charge is 0.245 e. The second kappa shape index (κ2) is 9.17. The molecule has 1 unspecified atom stereocenters. The summed E-state index contributed by atoms with van der Waals surface area (Å²) in [6.07, 6.45) is 7.09. The van der Waals surface area contributed by atoms with Crippen LogP contribution in [0, 0.1) is 5.41 Å². The molecule has 0 radical (unpaired) electrons. The van der Waals surface area contributed by atoms with E-state index in [1.54, 1.807) is 0 Å². The number of hydrogen-bond donors (Lipinski definition) is 2. The highest BCUT2D eigenvalue weighted by molar-refractivity contribution is 5.87. The van der Waals surface area contributed by atoms with Gasteiger partial charge >= 0.3 is 0 Å². The van der Waals surface area contributed by atoms with Gasteiger partial charge in [0.2, 0.25) is 5.91 Å². The van der Waals surface area contributed by atoms with Gasteiger partial charge in [-0.25, -0.2) is 9.97 Å². The second-order valence-electron chi connectivity index (χ2n) is 9.05. The van der Waals surface area contributed by atoms with E-state index in [0.29, 0.717) is 11.9 Å². The highest BCUT2D eigenvalue weighted by Gasteiger charge is 2.48. The zero-order valence-corrected chi connectivity index (χ0v) is 19.1. The Kier molecular flexibility index (Phi) is 5.92. The first-order valence-electron chi connectivity index (χ1n) is 11.7. The molecule has 1 saturated carbocycles. The van der Waals surface area contributed by atoms with E-state index in [1.807, 2.05) is 59.5 Å². The Morgan fingerprint density at radius 1 is 1.06 bits per heavy atom. The van der Waals surface area contributed by atoms with E-state index in [-0.39, 0.29) is 11.3 Å². The Bertz CT molecular complexity index is 1170. The molecule has 3 N–H and O–H groups in total. The third kappa shape index (κ3) is 4.21. The molecule has 1 amide bonds. The van der Waals surface area contributed by atoms with E-state index in [1.165, 1.54) is 12.4 Å². The summed E-state index contributed by atoms with van der Waals surface area (Å²) in [5.74, 6) is 2.74. The quantitative estimate of drug-likeness (QED) is 0.514. The first-order chi connectivity index (χ1) is 16.6. The molecule has 3 aromatic rings. The molecule has 5 rings (SSSR count). The molecule has 7 nitrogen and oxygen atoms in total. The maximum Gasteiger partial charge on any atom is 0.245 e. The van der Waals surface area contributed by atoms with Gasteiger partial charge in [-0.05, 0) is 67.0 Å². The molecule has 1 atom stereocenters. The van der Waals surface area contributed by atoms with Crippen molar-refractivity contribution in [3.8, 4) is 22.6 Å². The van der Waals surface area contributed by atoms with E-state index in [0.717, 1.165) is 67.2 Å². The Morgan fingerprint density at radius 3 is 2.41 bits per heavy atom. The van der Waals surface area contributed by atoms with Crippen molar-refractivity contribution >= 4 is 17.5 Å². The van der Waals surface area contributed by atoms with Gasteiger partial charge in [0.15, 0.2) is 0 Å². The Hall–Kier alpha value is -3.87. The molecule has 2 fully saturated rings. The standard InChI is InChI=1S/C27H29N5O2/c1-2-23(33)32-16-14-27(15-17-32)13-12-22(27)31-26-24(25(28)29-18-30-26)19-8-10-21(11-9-19)34-20-6-4-3-5-7-20/h2-11,18,22H,1,12-17H2,(H3,28,29,30,31). The number of piperidine rings is 1. The lowest BCUT2D eigenvalue weighted by Gasteiger charge is -2.54. The number of likely N-dealkylation sites (tertiary alicyclic amines) is 1. The summed E-state index contributed by atoms with van der Waals surface area (Å²) < 4.78 is 5.92. The first kappa shape index (κ1) is 21.9. The summed E-state index contributed by atoms with van der Waals surface area (Å²) in [4.78, 5) is 22.7. The minimum absolute atomic E-state index is 0.0178. The van der Waals surface area contributed by atoms with Crippen LogP contribution in [0.5, 0.6) is 11.5 Å². The number of carbonyl (C=O) groups excluding carboxylic acids is 1. The molecule has 1 aromatic heterocycles. The van der Waals surface area contributed by atoms with Crippen molar-refractivity contribution < 1.29 is 9.53 Å². The number of benzene rings is 2. The van der Waals surface area contributed by atoms with Gasteiger partial charge in [-0.15, -0.1) is 0 Å². The van der Waals surface area contributed by atoms with Crippen LogP contribution in [0.3, 0.4) is 0 Å². The van der Waals surface area contributed by atoms with E-state index in [2.05, 4.69) is 21.9 Å². The van der Waals surface area contributed by atoms with Gasteiger partial charge < -0.3 is 20.7 Å². The second-order valence-corrected chi connectivity index (χ2v) is 9.05. The number of para-hydroxylation sites is 1. The molecule has 1 aliphatic carbocycles. The molecule has 7 heteroatoms. The number of nitrogens with two attached hydrogens (primary N) is 1. The van der Waals surface area contributed by atoms with Crippen molar-refractivity contribution in [2.24, 2.45) is 5.41 Å². The van der Waals surface area contributed by atoms with Crippen LogP contribution >= 0.6 is 0 Å². The maximum atomic E-state index is 12.0. The van der Waals surface area contributed by atoms with E-state index in [4.69, 9.17) is 10.5 Å². The number of ether oxygens (including phenoxy) is 1. The summed E-state index contributed by atoms with van der Waals surface area (Å²) in [5, 5.41) is 3.67. The largest absolute Gasteiger partial charge is 0.457 e. The number of anilines is 2. The summed E-state index contributed by atoms with van der Waals surface area (Å²) in [6.45, 7) is 5.15. The van der Waals surface area contributed by atoms with Crippen molar-refractivity contribution in [3.63, 3.8) is 0 Å². The van der Waals surface area contributed by atoms with Crippen LogP contribution in [0.2, 0.25) is 0 Å². The number of aromatic nitrogens is 2. The number of amides is 1. The predicted octanol–water partition coefficient (Wildman–Crippen LogP) is 4.89. The van der Waals surface area contributed by atoms with Crippen molar-refractivity contribution in [3.05, 3.63) is 73.6 Å². The fourth-order valence-corrected chi connectivity index (χ4v) is 5.09. The Labute approximate surface area is 199 Å². The van der Waals surface area contributed by atoms with Crippen molar-refractivity contribution in [1.82, 2.24) is 14.9 Å². The summed E-state index contributed by atoms with van der Waals surface area (Å²) in [6, 6.07) is 17.8. The lowest BCUT2D eigenvalue weighted by atomic mass is 9.59. The first-order valence-corrected chi connectivity index (χ1v) is 11.7. The van der Waals surface area contributed by atoms with E-state index < -0.39 is 0 Å². The molecule has 0 bridgehead atoms. The van der Waals surface area contributed by atoms with Gasteiger partial charge in [-0.3, -0.25) is 4.79 Å². The minimum Gasteiger partial charge on any atom is -0.457 e. The van der Waals surface area contributed by atoms with Crippen LogP contribution in [-0.4, -0.2) is 39.9 Å². The maximum absolute atomic E-state index is 12.0. The zero-order valence-electron chi connectivity index (χ0n) is 19.1. The van der Waals surface area contributed by atoms with E-state index in [9.17, 15) is 4.79 Å². The zero-order chi connectivity index (χ0) is 23.5. The van der Waals surface area contributed by atoms with Crippen LogP contribution in [0.4, 0.5) is 11.6 Å². The number of carbonyl (C=O) groups is 1. The topological polar surface area (TPSA) is 93.4 Å². The highest BCUT2D eigenvalue weighted by Crippen LogP contribution is 2.51. The minimum atomic E-state index is 0.0178. The molecule has 2 aliphatic rings. The van der Waals surface area contributed by atoms with Crippen molar-refractivity contribution in [1.29, 1.82) is 0 Å². The predicted molar refractivity (Wildman–Crippen MR) is 133 cm³/mol. The molecule has 2 aromatic carbocycles. The number of nitrogens with one attached hydrogen (secondary N) is 1. The number of rotatable bonds is 6. The molecular weight excluding hydrogens is 426 g/mol. The molecule has 1 spiro atoms. The monoisotopic (exact) mass is 455 g/mol. The Balaban J connectivity index is 1.32. The van der Waals surface area contributed by atoms with Crippen LogP contribution in [0.1, 0.15) is 25.7 Å². The lowest BCUT2D eigenvalue weighted by Crippen LogP contribution is -2.56. The SMILES string of the molecule is C=CC(=O)N1CCC2(CCC2Nc2ncnc(N)c2-c2ccc(Oc3ccccc3)cc2)CC1. The Morgan fingerprint density at radius 2 is 1.76 bits per heavy atom. The lowest BCUT2D eigenvalue weighted by molar-refractivity contribution is -0.129. The number of nitrogens with zero attached hydrogens (tertiary/aromatic N) is 3. The average Bonchev–Trinajstić information content (AvgIpc) is 2.87. The van der Waals surface area contributed by atoms with Crippen molar-refractivity contribution in [2.45, 2.75) is 31.7 Å². The van der Waals surface area contributed by atoms with E-state index >= 15 is 0 Å². The fraction of sp³-hybridized carbons (Fsp3) is 0.296. The normalized spacial score (nSPS) is 18.7. The summed E-state index contributed by atoms with van der Waals surface area (Å²) in [7, 11) is 0. The van der Waals surface area contributed by atoms with Crippen LogP contribution in [0.15, 0.2) is 73.6 Å². The van der Waals surface area contributed by atoms with Gasteiger partial charge in [0.1, 0.15) is 29.5 Å².